The predicted octanol–water partition coefficient (Wildman–Crippen LogP) is 0.477. The van der Waals surface area contributed by atoms with Crippen molar-refractivity contribution in [2.24, 2.45) is 0 Å². The smallest absolute Gasteiger partial charge is 0.748 e. The van der Waals surface area contributed by atoms with Gasteiger partial charge in [0.2, 0.25) is 5.91 Å². The van der Waals surface area contributed by atoms with E-state index >= 15 is 0 Å². The van der Waals surface area contributed by atoms with Crippen LogP contribution in [0.4, 0.5) is 11.4 Å². The van der Waals surface area contributed by atoms with E-state index in [0.717, 1.165) is 22.6 Å². The summed E-state index contributed by atoms with van der Waals surface area (Å²) in [7, 11) is -7.37. The van der Waals surface area contributed by atoms with Crippen molar-refractivity contribution in [1.82, 2.24) is 0 Å². The van der Waals surface area contributed by atoms with Crippen molar-refractivity contribution in [3.8, 4) is 0 Å². The van der Waals surface area contributed by atoms with Crippen molar-refractivity contribution in [1.29, 1.82) is 0 Å². The molecule has 0 spiro atoms. The summed E-state index contributed by atoms with van der Waals surface area (Å²) in [6.45, 7) is 6.16. The van der Waals surface area contributed by atoms with Crippen molar-refractivity contribution in [2.45, 2.75) is 32.6 Å². The molecule has 9 nitrogen and oxygen atoms in total. The number of hydrogen-bond donors (Lipinski definition) is 0. The number of fused-ring (bicyclic) bond motifs is 1. The Bertz CT molecular complexity index is 1470. The normalized spacial score (nSPS) is 14.2. The fourth-order valence-electron chi connectivity index (χ4n) is 4.07. The van der Waals surface area contributed by atoms with Crippen molar-refractivity contribution in [2.75, 3.05) is 17.2 Å². The molecule has 0 saturated carbocycles. The van der Waals surface area contributed by atoms with Gasteiger partial charge >= 0.3 is 62.0 Å². The molecule has 0 fully saturated rings. The van der Waals surface area contributed by atoms with Gasteiger partial charge in [0, 0.05) is 42.5 Å². The fraction of sp³-hybridized carbons (Fsp3) is 0.259. The largest absolute Gasteiger partial charge is 1.00 e. The van der Waals surface area contributed by atoms with Gasteiger partial charge < -0.3 is 4.55 Å². The van der Waals surface area contributed by atoms with Crippen molar-refractivity contribution in [3.63, 3.8) is 0 Å². The molecule has 2 aromatic carbocycles. The van der Waals surface area contributed by atoms with Crippen molar-refractivity contribution in [3.05, 3.63) is 96.7 Å². The van der Waals surface area contributed by atoms with Crippen molar-refractivity contribution >= 4 is 43.7 Å². The zero-order valence-corrected chi connectivity index (χ0v) is 27.0. The van der Waals surface area contributed by atoms with Gasteiger partial charge in [-0.05, 0) is 18.2 Å². The molecule has 0 radical (unpaired) electrons. The first kappa shape index (κ1) is 35.0. The maximum Gasteiger partial charge on any atom is 1.00 e. The van der Waals surface area contributed by atoms with Gasteiger partial charge in [-0.3, -0.25) is 9.69 Å². The molecule has 0 bridgehead atoms. The van der Waals surface area contributed by atoms with E-state index in [1.807, 2.05) is 72.8 Å². The minimum absolute atomic E-state index is 0. The average molecular weight is 597 g/mol. The van der Waals surface area contributed by atoms with E-state index < -0.39 is 26.5 Å². The fourth-order valence-corrected chi connectivity index (χ4v) is 4.56. The Hall–Kier alpha value is -2.03. The summed E-state index contributed by atoms with van der Waals surface area (Å²) in [4.78, 5) is 13.5. The second-order valence-corrected chi connectivity index (χ2v) is 10.7. The molecular formula is C27H29KN2O7S2. The van der Waals surface area contributed by atoms with Crippen LogP contribution in [0.3, 0.4) is 0 Å². The number of para-hydroxylation sites is 1. The van der Waals surface area contributed by atoms with Gasteiger partial charge in [0.15, 0.2) is 5.71 Å². The Labute approximate surface area is 273 Å². The summed E-state index contributed by atoms with van der Waals surface area (Å²) in [5.74, 6) is -0.478. The molecule has 2 aromatic rings. The minimum Gasteiger partial charge on any atom is -0.748 e. The van der Waals surface area contributed by atoms with Crippen LogP contribution in [0.5, 0.6) is 0 Å². The molecule has 12 heteroatoms. The van der Waals surface area contributed by atoms with E-state index in [2.05, 4.69) is 24.5 Å². The first-order chi connectivity index (χ1) is 17.8. The van der Waals surface area contributed by atoms with E-state index in [-0.39, 0.29) is 69.1 Å². The van der Waals surface area contributed by atoms with Gasteiger partial charge in [0.05, 0.1) is 10.1 Å². The SMILES string of the molecule is CC(=O)N(/C=C/C=C/C=C/C1=[N+](CCCS(=O)(=O)[O-])c2cc[c-]cc2C1(C)C)c1ccccc1.O=S(=O)=O.[K+]. The van der Waals surface area contributed by atoms with Crippen LogP contribution in [0.2, 0.25) is 0 Å². The van der Waals surface area contributed by atoms with Crippen molar-refractivity contribution < 1.29 is 86.4 Å². The Morgan fingerprint density at radius 3 is 2.28 bits per heavy atom. The zero-order valence-electron chi connectivity index (χ0n) is 22.3. The van der Waals surface area contributed by atoms with Gasteiger partial charge in [-0.25, -0.2) is 13.0 Å². The van der Waals surface area contributed by atoms with Crippen LogP contribution in [0.25, 0.3) is 0 Å². The topological polar surface area (TPSA) is 132 Å². The van der Waals surface area contributed by atoms with Gasteiger partial charge in [-0.1, -0.05) is 55.8 Å². The zero-order chi connectivity index (χ0) is 28.3. The van der Waals surface area contributed by atoms with E-state index in [9.17, 15) is 17.8 Å². The number of amides is 1. The van der Waals surface area contributed by atoms with Crippen LogP contribution in [-0.2, 0) is 30.9 Å². The standard InChI is InChI=1S/C27H30N2O4S.K.O3S/c1-22(30)28(23-14-7-6-8-15-23)19-12-5-4-9-18-26-27(2,3)24-16-10-11-17-25(24)29(26)20-13-21-34(31,32)33;;1-4(2)3/h4-9,11-12,14-19H,13,20-21H2,1-3H3,(H,31,32,33);;/q;+1;/p-1. The summed E-state index contributed by atoms with van der Waals surface area (Å²) in [5.41, 5.74) is 3.60. The predicted molar refractivity (Wildman–Crippen MR) is 144 cm³/mol. The third-order valence-electron chi connectivity index (χ3n) is 5.71. The Balaban J connectivity index is 0.00000142. The third-order valence-corrected chi connectivity index (χ3v) is 6.50. The maximum atomic E-state index is 12.0. The quantitative estimate of drug-likeness (QED) is 0.135. The molecule has 1 amide bonds. The van der Waals surface area contributed by atoms with Crippen LogP contribution in [0.15, 0.2) is 85.1 Å². The number of nitrogens with zero attached hydrogens (tertiary/aromatic N) is 2. The monoisotopic (exact) mass is 596 g/mol. The van der Waals surface area contributed by atoms with E-state index in [4.69, 9.17) is 12.6 Å². The summed E-state index contributed by atoms with van der Waals surface area (Å²) < 4.78 is 60.6. The Kier molecular flexibility index (Phi) is 14.6. The van der Waals surface area contributed by atoms with Gasteiger partial charge in [-0.15, -0.1) is 18.7 Å². The summed E-state index contributed by atoms with van der Waals surface area (Å²) in [6, 6.07) is 18.3. The van der Waals surface area contributed by atoms with E-state index in [1.165, 1.54) is 6.92 Å². The van der Waals surface area contributed by atoms with E-state index in [0.29, 0.717) is 6.54 Å². The van der Waals surface area contributed by atoms with Gasteiger partial charge in [-0.2, -0.15) is 18.2 Å². The van der Waals surface area contributed by atoms with E-state index in [1.54, 1.807) is 17.2 Å². The summed E-state index contributed by atoms with van der Waals surface area (Å²) in [5, 5.41) is 0. The second kappa shape index (κ2) is 16.3. The first-order valence-electron chi connectivity index (χ1n) is 11.6. The molecule has 3 rings (SSSR count). The molecule has 1 aliphatic heterocycles. The minimum atomic E-state index is -4.26. The molecule has 1 aliphatic rings. The van der Waals surface area contributed by atoms with Crippen LogP contribution >= 0.6 is 0 Å². The first-order valence-corrected chi connectivity index (χ1v) is 14.1. The van der Waals surface area contributed by atoms with Crippen LogP contribution in [0, 0.1) is 6.07 Å². The van der Waals surface area contributed by atoms with Crippen LogP contribution in [0.1, 0.15) is 32.8 Å². The molecule has 202 valence electrons. The Morgan fingerprint density at radius 1 is 1.08 bits per heavy atom. The molecule has 0 atom stereocenters. The molecule has 0 aliphatic carbocycles. The molecule has 0 N–H and O–H groups in total. The van der Waals surface area contributed by atoms with Crippen LogP contribution < -0.4 is 56.3 Å². The number of rotatable bonds is 9. The molecule has 0 saturated heterocycles. The molecule has 0 aromatic heterocycles. The van der Waals surface area contributed by atoms with Crippen LogP contribution in [-0.4, -0.2) is 54.1 Å². The third kappa shape index (κ3) is 11.2. The number of hydrogen-bond acceptors (Lipinski definition) is 7. The number of carbonyl (C=O) groups is 1. The number of benzene rings is 2. The Morgan fingerprint density at radius 2 is 1.69 bits per heavy atom. The maximum absolute atomic E-state index is 12.0. The molecule has 0 unspecified atom stereocenters. The summed E-state index contributed by atoms with van der Waals surface area (Å²) in [6.07, 6.45) is 11.4. The number of carbonyl (C=O) groups excluding carboxylic acids is 1. The molecule has 1 heterocycles. The van der Waals surface area contributed by atoms with Gasteiger partial charge in [0.1, 0.15) is 12.2 Å². The molecule has 39 heavy (non-hydrogen) atoms. The molecular weight excluding hydrogens is 568 g/mol. The number of allylic oxidation sites excluding steroid dienone is 5. The second-order valence-electron chi connectivity index (χ2n) is 8.73. The van der Waals surface area contributed by atoms with Gasteiger partial charge in [0.25, 0.3) is 0 Å². The average Bonchev–Trinajstić information content (AvgIpc) is 3.04. The number of anilines is 1. The summed E-state index contributed by atoms with van der Waals surface area (Å²) >= 11 is 0.